The van der Waals surface area contributed by atoms with Gasteiger partial charge >= 0.3 is 0 Å². The molecular weight excluding hydrogens is 411 g/mol. The summed E-state index contributed by atoms with van der Waals surface area (Å²) < 4.78 is 44.9. The van der Waals surface area contributed by atoms with Gasteiger partial charge in [-0.1, -0.05) is 6.92 Å². The van der Waals surface area contributed by atoms with Gasteiger partial charge in [-0.05, 0) is 13.8 Å². The largest absolute Gasteiger partial charge is 0.379 e. The van der Waals surface area contributed by atoms with Crippen LogP contribution in [0.3, 0.4) is 0 Å². The molecule has 0 aliphatic heterocycles. The van der Waals surface area contributed by atoms with Crippen LogP contribution >= 0.6 is 0 Å². The molecule has 3 aromatic heterocycles. The Kier molecular flexibility index (Phi) is 5.25. The first-order valence-corrected chi connectivity index (χ1v) is 9.68. The Hall–Kier alpha value is -3.63. The van der Waals surface area contributed by atoms with Crippen molar-refractivity contribution in [3.05, 3.63) is 36.2 Å². The molecule has 1 aromatic carbocycles. The number of carbonyl (C=O) groups excluding carboxylic acids is 1. The van der Waals surface area contributed by atoms with Crippen LogP contribution in [-0.2, 0) is 4.79 Å². The molecule has 0 saturated carbocycles. The lowest BCUT2D eigenvalue weighted by Crippen LogP contribution is -2.13. The number of aromatic nitrogens is 5. The van der Waals surface area contributed by atoms with E-state index in [2.05, 4.69) is 30.8 Å². The fourth-order valence-corrected chi connectivity index (χ4v) is 3.39. The quantitative estimate of drug-likeness (QED) is 0.417. The molecule has 3 heterocycles. The standard InChI is InChI=1S/C20H20F3N7O/c1-4-14(31)28-12-8-30-7-11(24-6-13(30)27-12)15-10-5-25-29-18(10)19(26-9(2)3)17(21)16(15)20(22)23/h5-9,20,26H,4H2,1-3H3,(H,25,29)(H,28,31). The van der Waals surface area contributed by atoms with Crippen LogP contribution in [0, 0.1) is 5.82 Å². The molecule has 0 radical (unpaired) electrons. The number of hydrogen-bond donors (Lipinski definition) is 3. The molecule has 0 bridgehead atoms. The highest BCUT2D eigenvalue weighted by Gasteiger charge is 2.28. The monoisotopic (exact) mass is 431 g/mol. The number of carbonyl (C=O) groups is 1. The fourth-order valence-electron chi connectivity index (χ4n) is 3.39. The lowest BCUT2D eigenvalue weighted by Gasteiger charge is -2.18. The Labute approximate surface area is 174 Å². The minimum atomic E-state index is -3.08. The molecule has 4 aromatic rings. The van der Waals surface area contributed by atoms with Crippen molar-refractivity contribution < 1.29 is 18.0 Å². The molecule has 3 N–H and O–H groups in total. The van der Waals surface area contributed by atoms with Crippen molar-refractivity contribution in [2.45, 2.75) is 39.7 Å². The molecule has 0 aliphatic rings. The van der Waals surface area contributed by atoms with E-state index in [1.165, 1.54) is 29.2 Å². The van der Waals surface area contributed by atoms with Crippen molar-refractivity contribution in [1.29, 1.82) is 0 Å². The average molecular weight is 431 g/mol. The maximum absolute atomic E-state index is 15.3. The molecule has 162 valence electrons. The summed E-state index contributed by atoms with van der Waals surface area (Å²) in [4.78, 5) is 20.1. The van der Waals surface area contributed by atoms with Crippen LogP contribution in [0.1, 0.15) is 39.2 Å². The molecule has 31 heavy (non-hydrogen) atoms. The van der Waals surface area contributed by atoms with Crippen molar-refractivity contribution in [3.8, 4) is 11.3 Å². The molecule has 0 aliphatic carbocycles. The van der Waals surface area contributed by atoms with Gasteiger partial charge < -0.3 is 15.0 Å². The lowest BCUT2D eigenvalue weighted by molar-refractivity contribution is -0.115. The predicted octanol–water partition coefficient (Wildman–Crippen LogP) is 4.52. The van der Waals surface area contributed by atoms with Crippen molar-refractivity contribution in [1.82, 2.24) is 24.6 Å². The summed E-state index contributed by atoms with van der Waals surface area (Å²) in [5, 5.41) is 12.4. The molecule has 0 unspecified atom stereocenters. The number of benzene rings is 1. The number of halogens is 3. The molecule has 1 amide bonds. The zero-order valence-corrected chi connectivity index (χ0v) is 17.0. The highest BCUT2D eigenvalue weighted by molar-refractivity contribution is 6.02. The van der Waals surface area contributed by atoms with Crippen LogP contribution in [0.2, 0.25) is 0 Å². The van der Waals surface area contributed by atoms with Crippen LogP contribution in [0.15, 0.2) is 24.8 Å². The minimum Gasteiger partial charge on any atom is -0.379 e. The van der Waals surface area contributed by atoms with Crippen LogP contribution in [0.4, 0.5) is 24.7 Å². The van der Waals surface area contributed by atoms with E-state index in [0.717, 1.165) is 0 Å². The van der Waals surface area contributed by atoms with Crippen LogP contribution < -0.4 is 10.6 Å². The highest BCUT2D eigenvalue weighted by Crippen LogP contribution is 2.42. The molecule has 0 spiro atoms. The van der Waals surface area contributed by atoms with Gasteiger partial charge in [0.1, 0.15) is 0 Å². The number of imidazole rings is 1. The van der Waals surface area contributed by atoms with Crippen molar-refractivity contribution in [3.63, 3.8) is 0 Å². The molecule has 8 nitrogen and oxygen atoms in total. The summed E-state index contributed by atoms with van der Waals surface area (Å²) in [6.07, 6.45) is 2.94. The van der Waals surface area contributed by atoms with E-state index in [1.54, 1.807) is 20.8 Å². The number of H-pyrrole nitrogens is 1. The summed E-state index contributed by atoms with van der Waals surface area (Å²) in [6, 6.07) is -0.186. The maximum Gasteiger partial charge on any atom is 0.267 e. The zero-order valence-electron chi connectivity index (χ0n) is 17.0. The third-order valence-corrected chi connectivity index (χ3v) is 4.72. The molecule has 0 saturated heterocycles. The smallest absolute Gasteiger partial charge is 0.267 e. The number of aromatic amines is 1. The van der Waals surface area contributed by atoms with Gasteiger partial charge in [0.15, 0.2) is 17.3 Å². The Morgan fingerprint density at radius 3 is 2.71 bits per heavy atom. The Morgan fingerprint density at radius 2 is 2.03 bits per heavy atom. The number of anilines is 2. The number of alkyl halides is 2. The number of nitrogens with zero attached hydrogens (tertiary/aromatic N) is 4. The lowest BCUT2D eigenvalue weighted by atomic mass is 9.98. The number of nitrogens with one attached hydrogen (secondary N) is 3. The van der Waals surface area contributed by atoms with Crippen LogP contribution in [0.5, 0.6) is 0 Å². The number of amides is 1. The fraction of sp³-hybridized carbons (Fsp3) is 0.300. The van der Waals surface area contributed by atoms with Gasteiger partial charge in [-0.2, -0.15) is 5.10 Å². The third-order valence-electron chi connectivity index (χ3n) is 4.72. The number of hydrogen-bond acceptors (Lipinski definition) is 5. The minimum absolute atomic E-state index is 0.0553. The maximum atomic E-state index is 15.3. The number of rotatable bonds is 6. The van der Waals surface area contributed by atoms with Gasteiger partial charge in [0, 0.05) is 29.6 Å². The topological polar surface area (TPSA) is 100 Å². The van der Waals surface area contributed by atoms with E-state index >= 15 is 4.39 Å². The Balaban J connectivity index is 1.93. The number of fused-ring (bicyclic) bond motifs is 2. The zero-order chi connectivity index (χ0) is 22.3. The Bertz CT molecular complexity index is 1280. The summed E-state index contributed by atoms with van der Waals surface area (Å²) in [6.45, 7) is 5.27. The molecule has 4 rings (SSSR count). The summed E-state index contributed by atoms with van der Waals surface area (Å²) in [5.41, 5.74) is -0.0848. The van der Waals surface area contributed by atoms with Gasteiger partial charge in [-0.15, -0.1) is 0 Å². The van der Waals surface area contributed by atoms with Gasteiger partial charge in [0.05, 0.1) is 41.1 Å². The SMILES string of the molecule is CCC(=O)Nc1cn2cc(-c3c(C(F)F)c(F)c(NC(C)C)c4[nH]ncc34)ncc2n1. The van der Waals surface area contributed by atoms with Crippen molar-refractivity contribution in [2.75, 3.05) is 10.6 Å². The second kappa shape index (κ2) is 7.89. The third kappa shape index (κ3) is 3.66. The summed E-state index contributed by atoms with van der Waals surface area (Å²) in [7, 11) is 0. The van der Waals surface area contributed by atoms with E-state index in [0.29, 0.717) is 16.9 Å². The van der Waals surface area contributed by atoms with Crippen molar-refractivity contribution >= 4 is 34.0 Å². The summed E-state index contributed by atoms with van der Waals surface area (Å²) in [5.74, 6) is -0.970. The van der Waals surface area contributed by atoms with E-state index in [9.17, 15) is 13.6 Å². The van der Waals surface area contributed by atoms with E-state index < -0.39 is 17.8 Å². The first-order valence-electron chi connectivity index (χ1n) is 9.68. The van der Waals surface area contributed by atoms with Gasteiger partial charge in [0.2, 0.25) is 5.91 Å². The summed E-state index contributed by atoms with van der Waals surface area (Å²) >= 11 is 0. The van der Waals surface area contributed by atoms with E-state index in [4.69, 9.17) is 0 Å². The normalized spacial score (nSPS) is 11.7. The highest BCUT2D eigenvalue weighted by atomic mass is 19.3. The average Bonchev–Trinajstić information content (AvgIpc) is 3.34. The van der Waals surface area contributed by atoms with Gasteiger partial charge in [-0.25, -0.2) is 18.2 Å². The van der Waals surface area contributed by atoms with Crippen molar-refractivity contribution in [2.24, 2.45) is 0 Å². The van der Waals surface area contributed by atoms with Crippen LogP contribution in [0.25, 0.3) is 27.8 Å². The molecular formula is C20H20F3N7O. The second-order valence-corrected chi connectivity index (χ2v) is 7.30. The van der Waals surface area contributed by atoms with Crippen LogP contribution in [-0.4, -0.2) is 36.5 Å². The Morgan fingerprint density at radius 1 is 1.26 bits per heavy atom. The van der Waals surface area contributed by atoms with E-state index in [-0.39, 0.29) is 40.8 Å². The predicted molar refractivity (Wildman–Crippen MR) is 111 cm³/mol. The molecule has 11 heteroatoms. The second-order valence-electron chi connectivity index (χ2n) is 7.30. The van der Waals surface area contributed by atoms with Gasteiger partial charge in [0.25, 0.3) is 6.43 Å². The first kappa shape index (κ1) is 20.6. The first-order chi connectivity index (χ1) is 14.8. The van der Waals surface area contributed by atoms with Gasteiger partial charge in [-0.3, -0.25) is 14.9 Å². The molecule has 0 fully saturated rings. The van der Waals surface area contributed by atoms with E-state index in [1.807, 2.05) is 0 Å². The molecule has 0 atom stereocenters.